The highest BCUT2D eigenvalue weighted by Gasteiger charge is 2.38. The van der Waals surface area contributed by atoms with Crippen molar-refractivity contribution in [3.8, 4) is 0 Å². The number of rotatable bonds is 3. The van der Waals surface area contributed by atoms with Gasteiger partial charge in [0.25, 0.3) is 0 Å². The standard InChI is InChI=1S/C8H11ClF2N2O/c1-8(10,11)13-6(9)3-4-12-7(13)5-14-2/h3-4,7H,5H2,1-2H3. The van der Waals surface area contributed by atoms with Gasteiger partial charge in [0.2, 0.25) is 0 Å². The second-order valence-corrected chi connectivity index (χ2v) is 3.32. The van der Waals surface area contributed by atoms with E-state index in [0.717, 1.165) is 11.8 Å². The van der Waals surface area contributed by atoms with Crippen molar-refractivity contribution < 1.29 is 13.5 Å². The lowest BCUT2D eigenvalue weighted by molar-refractivity contribution is -0.133. The van der Waals surface area contributed by atoms with Crippen LogP contribution < -0.4 is 0 Å². The molecule has 1 aliphatic rings. The van der Waals surface area contributed by atoms with Gasteiger partial charge in [-0.15, -0.1) is 0 Å². The molecule has 3 nitrogen and oxygen atoms in total. The van der Waals surface area contributed by atoms with Crippen molar-refractivity contribution in [1.29, 1.82) is 0 Å². The lowest BCUT2D eigenvalue weighted by atomic mass is 10.3. The fraction of sp³-hybridized carbons (Fsp3) is 0.625. The molecule has 80 valence electrons. The van der Waals surface area contributed by atoms with Crippen LogP contribution in [0.5, 0.6) is 0 Å². The zero-order valence-electron chi connectivity index (χ0n) is 7.88. The number of hydrogen-bond acceptors (Lipinski definition) is 3. The molecule has 6 heteroatoms. The zero-order valence-corrected chi connectivity index (χ0v) is 8.63. The molecular formula is C8H11ClF2N2O. The molecule has 0 bridgehead atoms. The van der Waals surface area contributed by atoms with Crippen LogP contribution in [0.3, 0.4) is 0 Å². The van der Waals surface area contributed by atoms with Gasteiger partial charge in [0.15, 0.2) is 0 Å². The van der Waals surface area contributed by atoms with Crippen molar-refractivity contribution in [3.05, 3.63) is 11.2 Å². The van der Waals surface area contributed by atoms with E-state index in [9.17, 15) is 8.78 Å². The normalized spacial score (nSPS) is 22.5. The number of hydrogen-bond donors (Lipinski definition) is 0. The Labute approximate surface area is 86.0 Å². The van der Waals surface area contributed by atoms with Gasteiger partial charge in [-0.2, -0.15) is 8.78 Å². The van der Waals surface area contributed by atoms with Gasteiger partial charge in [0.05, 0.1) is 6.61 Å². The Balaban J connectivity index is 2.86. The number of methoxy groups -OCH3 is 1. The van der Waals surface area contributed by atoms with Gasteiger partial charge in [-0.05, 0) is 6.08 Å². The Morgan fingerprint density at radius 3 is 2.86 bits per heavy atom. The summed E-state index contributed by atoms with van der Waals surface area (Å²) in [5, 5.41) is -0.0328. The third-order valence-corrected chi connectivity index (χ3v) is 2.05. The predicted octanol–water partition coefficient (Wildman–Crippen LogP) is 2.04. The van der Waals surface area contributed by atoms with Gasteiger partial charge in [-0.3, -0.25) is 9.89 Å². The largest absolute Gasteiger partial charge is 0.381 e. The summed E-state index contributed by atoms with van der Waals surface area (Å²) in [5.41, 5.74) is 0. The fourth-order valence-corrected chi connectivity index (χ4v) is 1.53. The Hall–Kier alpha value is -0.680. The van der Waals surface area contributed by atoms with Crippen LogP contribution in [0.25, 0.3) is 0 Å². The van der Waals surface area contributed by atoms with Crippen LogP contribution in [0.1, 0.15) is 6.92 Å². The highest BCUT2D eigenvalue weighted by atomic mass is 35.5. The van der Waals surface area contributed by atoms with Crippen LogP contribution in [0.15, 0.2) is 16.2 Å². The van der Waals surface area contributed by atoms with E-state index in [1.165, 1.54) is 19.4 Å². The molecule has 1 atom stereocenters. The third kappa shape index (κ3) is 2.42. The number of aliphatic imine (C=N–C) groups is 1. The van der Waals surface area contributed by atoms with E-state index in [0.29, 0.717) is 0 Å². The molecular weight excluding hydrogens is 214 g/mol. The minimum Gasteiger partial charge on any atom is -0.381 e. The zero-order chi connectivity index (χ0) is 10.8. The molecule has 0 amide bonds. The Morgan fingerprint density at radius 1 is 1.71 bits per heavy atom. The summed E-state index contributed by atoms with van der Waals surface area (Å²) in [6, 6.07) is -3.05. The number of allylic oxidation sites excluding steroid dienone is 1. The minimum absolute atomic E-state index is 0.0328. The Bertz CT molecular complexity index is 263. The van der Waals surface area contributed by atoms with Crippen LogP contribution in [-0.4, -0.2) is 37.0 Å². The van der Waals surface area contributed by atoms with E-state index >= 15 is 0 Å². The first-order chi connectivity index (χ1) is 6.46. The number of nitrogens with zero attached hydrogens (tertiary/aromatic N) is 2. The second-order valence-electron chi connectivity index (χ2n) is 2.94. The van der Waals surface area contributed by atoms with E-state index < -0.39 is 12.2 Å². The lowest BCUT2D eigenvalue weighted by Gasteiger charge is -2.35. The minimum atomic E-state index is -3.05. The molecule has 0 aromatic rings. The Kier molecular flexibility index (Phi) is 3.44. The molecule has 0 fully saturated rings. The topological polar surface area (TPSA) is 24.8 Å². The average molecular weight is 225 g/mol. The molecule has 1 unspecified atom stereocenters. The molecule has 1 heterocycles. The first-order valence-electron chi connectivity index (χ1n) is 4.02. The highest BCUT2D eigenvalue weighted by Crippen LogP contribution is 2.30. The van der Waals surface area contributed by atoms with Crippen molar-refractivity contribution >= 4 is 17.8 Å². The van der Waals surface area contributed by atoms with Crippen molar-refractivity contribution in [2.45, 2.75) is 19.1 Å². The molecule has 14 heavy (non-hydrogen) atoms. The smallest absolute Gasteiger partial charge is 0.325 e. The van der Waals surface area contributed by atoms with E-state index in [-0.39, 0.29) is 11.8 Å². The lowest BCUT2D eigenvalue weighted by Crippen LogP contribution is -2.47. The first-order valence-corrected chi connectivity index (χ1v) is 4.39. The van der Waals surface area contributed by atoms with E-state index in [1.807, 2.05) is 0 Å². The maximum absolute atomic E-state index is 13.1. The van der Waals surface area contributed by atoms with Crippen molar-refractivity contribution in [3.63, 3.8) is 0 Å². The molecule has 0 saturated heterocycles. The molecule has 0 spiro atoms. The van der Waals surface area contributed by atoms with Crippen LogP contribution in [0.4, 0.5) is 8.78 Å². The molecule has 1 rings (SSSR count). The van der Waals surface area contributed by atoms with E-state index in [2.05, 4.69) is 4.99 Å². The van der Waals surface area contributed by atoms with Gasteiger partial charge >= 0.3 is 6.05 Å². The third-order valence-electron chi connectivity index (χ3n) is 1.74. The predicted molar refractivity (Wildman–Crippen MR) is 50.6 cm³/mol. The van der Waals surface area contributed by atoms with Gasteiger partial charge < -0.3 is 4.74 Å². The number of ether oxygens (including phenoxy) is 1. The van der Waals surface area contributed by atoms with Gasteiger partial charge in [-0.25, -0.2) is 0 Å². The monoisotopic (exact) mass is 224 g/mol. The summed E-state index contributed by atoms with van der Waals surface area (Å²) in [7, 11) is 1.42. The molecule has 0 radical (unpaired) electrons. The maximum atomic E-state index is 13.1. The molecule has 0 aromatic carbocycles. The van der Waals surface area contributed by atoms with Crippen molar-refractivity contribution in [1.82, 2.24) is 4.90 Å². The summed E-state index contributed by atoms with van der Waals surface area (Å²) in [6.07, 6.45) is 1.96. The first kappa shape index (κ1) is 11.4. The van der Waals surface area contributed by atoms with Gasteiger partial charge in [0, 0.05) is 20.2 Å². The summed E-state index contributed by atoms with van der Waals surface area (Å²) in [4.78, 5) is 4.57. The number of halogens is 3. The van der Waals surface area contributed by atoms with E-state index in [4.69, 9.17) is 16.3 Å². The van der Waals surface area contributed by atoms with Crippen LogP contribution in [0, 0.1) is 0 Å². The SMILES string of the molecule is COCC1N=CC=C(Cl)N1C(C)(F)F. The summed E-state index contributed by atoms with van der Waals surface area (Å²) >= 11 is 5.66. The quantitative estimate of drug-likeness (QED) is 0.686. The van der Waals surface area contributed by atoms with Gasteiger partial charge in [-0.1, -0.05) is 11.6 Å². The molecule has 0 N–H and O–H groups in total. The average Bonchev–Trinajstić information content (AvgIpc) is 2.02. The van der Waals surface area contributed by atoms with Gasteiger partial charge in [0.1, 0.15) is 11.3 Å². The molecule has 0 saturated carbocycles. The van der Waals surface area contributed by atoms with E-state index in [1.54, 1.807) is 0 Å². The van der Waals surface area contributed by atoms with Crippen molar-refractivity contribution in [2.24, 2.45) is 4.99 Å². The van der Waals surface area contributed by atoms with Crippen LogP contribution >= 0.6 is 11.6 Å². The highest BCUT2D eigenvalue weighted by molar-refractivity contribution is 6.30. The summed E-state index contributed by atoms with van der Waals surface area (Å²) < 4.78 is 31.0. The Morgan fingerprint density at radius 2 is 2.36 bits per heavy atom. The second kappa shape index (κ2) is 4.23. The fourth-order valence-electron chi connectivity index (χ4n) is 1.21. The maximum Gasteiger partial charge on any atom is 0.325 e. The van der Waals surface area contributed by atoms with Crippen LogP contribution in [-0.2, 0) is 4.74 Å². The van der Waals surface area contributed by atoms with Crippen molar-refractivity contribution in [2.75, 3.05) is 13.7 Å². The molecule has 0 aromatic heterocycles. The van der Waals surface area contributed by atoms with Crippen LogP contribution in [0.2, 0.25) is 0 Å². The summed E-state index contributed by atoms with van der Waals surface area (Å²) in [6.45, 7) is 0.844. The molecule has 0 aliphatic carbocycles. The summed E-state index contributed by atoms with van der Waals surface area (Å²) in [5.74, 6) is 0. The number of alkyl halides is 2. The molecule has 1 aliphatic heterocycles.